The number of nitrogens with one attached hydrogen (secondary N) is 2. The summed E-state index contributed by atoms with van der Waals surface area (Å²) < 4.78 is 0. The lowest BCUT2D eigenvalue weighted by Crippen LogP contribution is -2.39. The molecule has 0 aromatic carbocycles. The number of nitrogens with zero attached hydrogens (tertiary/aromatic N) is 2. The Kier molecular flexibility index (Phi) is 9.95. The fourth-order valence-electron chi connectivity index (χ4n) is 3.13. The van der Waals surface area contributed by atoms with Crippen molar-refractivity contribution in [3.05, 3.63) is 12.2 Å². The molecule has 32 heavy (non-hydrogen) atoms. The van der Waals surface area contributed by atoms with Crippen molar-refractivity contribution in [3.63, 3.8) is 0 Å². The molecule has 1 fully saturated rings. The van der Waals surface area contributed by atoms with E-state index in [1.54, 1.807) is 0 Å². The Morgan fingerprint density at radius 1 is 1.03 bits per heavy atom. The summed E-state index contributed by atoms with van der Waals surface area (Å²) in [6, 6.07) is -0.409. The molecule has 12 nitrogen and oxygen atoms in total. The van der Waals surface area contributed by atoms with Crippen LogP contribution in [0.15, 0.2) is 12.2 Å². The summed E-state index contributed by atoms with van der Waals surface area (Å²) in [5.41, 5.74) is 2.72. The lowest BCUT2D eigenvalue weighted by atomic mass is 10.1. The molecule has 2 N–H and O–H groups in total. The molecule has 0 aromatic heterocycles. The van der Waals surface area contributed by atoms with Crippen LogP contribution in [0.3, 0.4) is 0 Å². The van der Waals surface area contributed by atoms with Crippen LogP contribution in [0, 0.1) is 0 Å². The maximum Gasteiger partial charge on any atom is 0.333 e. The second kappa shape index (κ2) is 12.7. The number of rotatable bonds is 14. The van der Waals surface area contributed by atoms with Crippen LogP contribution in [0.1, 0.15) is 51.9 Å². The first-order chi connectivity index (χ1) is 15.3. The third-order valence-electron chi connectivity index (χ3n) is 4.77. The molecular formula is C20H28N4O8. The SMILES string of the molecule is CCNOCCCC(CCC(=O)ON1C(=O)CCC1=O)NC(=O)CCN1C(=O)C=CC1=O. The predicted octanol–water partition coefficient (Wildman–Crippen LogP) is -0.505. The molecule has 2 aliphatic heterocycles. The molecule has 0 saturated carbocycles. The minimum Gasteiger partial charge on any atom is -0.353 e. The van der Waals surface area contributed by atoms with Crippen LogP contribution < -0.4 is 10.8 Å². The quantitative estimate of drug-likeness (QED) is 0.202. The van der Waals surface area contributed by atoms with Crippen molar-refractivity contribution in [2.24, 2.45) is 0 Å². The van der Waals surface area contributed by atoms with E-state index in [1.165, 1.54) is 0 Å². The fourth-order valence-corrected chi connectivity index (χ4v) is 3.13. The molecule has 0 radical (unpaired) electrons. The highest BCUT2D eigenvalue weighted by Gasteiger charge is 2.33. The Morgan fingerprint density at radius 2 is 1.69 bits per heavy atom. The van der Waals surface area contributed by atoms with Gasteiger partial charge in [0.2, 0.25) is 5.91 Å². The zero-order valence-corrected chi connectivity index (χ0v) is 18.0. The minimum absolute atomic E-state index is 0.00807. The highest BCUT2D eigenvalue weighted by molar-refractivity contribution is 6.13. The zero-order chi connectivity index (χ0) is 23.5. The van der Waals surface area contributed by atoms with E-state index < -0.39 is 35.6 Å². The molecule has 2 heterocycles. The van der Waals surface area contributed by atoms with Gasteiger partial charge in [-0.15, -0.1) is 5.06 Å². The number of hydrogen-bond donors (Lipinski definition) is 2. The molecule has 0 bridgehead atoms. The number of hydroxylamine groups is 3. The van der Waals surface area contributed by atoms with Crippen LogP contribution in [-0.2, 0) is 38.4 Å². The van der Waals surface area contributed by atoms with Crippen LogP contribution in [0.5, 0.6) is 0 Å². The van der Waals surface area contributed by atoms with E-state index >= 15 is 0 Å². The Hall–Kier alpha value is -3.12. The van der Waals surface area contributed by atoms with Crippen LogP contribution in [-0.4, -0.2) is 71.2 Å². The summed E-state index contributed by atoms with van der Waals surface area (Å²) in [6.45, 7) is 2.87. The van der Waals surface area contributed by atoms with Crippen molar-refractivity contribution < 1.29 is 38.4 Å². The smallest absolute Gasteiger partial charge is 0.333 e. The largest absolute Gasteiger partial charge is 0.353 e. The number of amides is 5. The van der Waals surface area contributed by atoms with Gasteiger partial charge in [-0.1, -0.05) is 6.92 Å². The van der Waals surface area contributed by atoms with Crippen molar-refractivity contribution in [3.8, 4) is 0 Å². The minimum atomic E-state index is -0.754. The molecule has 12 heteroatoms. The molecule has 0 aromatic rings. The van der Waals surface area contributed by atoms with E-state index in [4.69, 9.17) is 9.68 Å². The fraction of sp³-hybridized carbons (Fsp3) is 0.600. The first kappa shape index (κ1) is 25.1. The van der Waals surface area contributed by atoms with E-state index in [0.29, 0.717) is 31.1 Å². The zero-order valence-electron chi connectivity index (χ0n) is 18.0. The molecule has 2 rings (SSSR count). The van der Waals surface area contributed by atoms with Crippen LogP contribution >= 0.6 is 0 Å². The summed E-state index contributed by atoms with van der Waals surface area (Å²) in [7, 11) is 0. The van der Waals surface area contributed by atoms with Gasteiger partial charge in [0.15, 0.2) is 0 Å². The molecule has 1 saturated heterocycles. The number of carbonyl (C=O) groups excluding carboxylic acids is 6. The number of hydrogen-bond acceptors (Lipinski definition) is 9. The molecular weight excluding hydrogens is 424 g/mol. The second-order valence-corrected chi connectivity index (χ2v) is 7.25. The Labute approximate surface area is 185 Å². The van der Waals surface area contributed by atoms with Gasteiger partial charge in [0, 0.05) is 57.0 Å². The third kappa shape index (κ3) is 7.85. The van der Waals surface area contributed by atoms with Crippen molar-refractivity contribution in [1.82, 2.24) is 20.8 Å². The van der Waals surface area contributed by atoms with Crippen LogP contribution in [0.25, 0.3) is 0 Å². The number of carbonyl (C=O) groups is 6. The lowest BCUT2D eigenvalue weighted by Gasteiger charge is -2.20. The van der Waals surface area contributed by atoms with Crippen LogP contribution in [0.2, 0.25) is 0 Å². The first-order valence-corrected chi connectivity index (χ1v) is 10.6. The van der Waals surface area contributed by atoms with E-state index in [0.717, 1.165) is 17.1 Å². The van der Waals surface area contributed by atoms with Gasteiger partial charge in [-0.2, -0.15) is 0 Å². The average Bonchev–Trinajstić information content (AvgIpc) is 3.25. The Bertz CT molecular complexity index is 748. The van der Waals surface area contributed by atoms with Gasteiger partial charge in [-0.25, -0.2) is 10.3 Å². The third-order valence-corrected chi connectivity index (χ3v) is 4.77. The molecule has 0 aliphatic carbocycles. The van der Waals surface area contributed by atoms with Crippen molar-refractivity contribution in [2.45, 2.75) is 57.9 Å². The van der Waals surface area contributed by atoms with E-state index in [9.17, 15) is 28.8 Å². The number of imide groups is 2. The average molecular weight is 452 g/mol. The normalized spacial score (nSPS) is 16.8. The summed E-state index contributed by atoms with van der Waals surface area (Å²) in [4.78, 5) is 81.7. The Balaban J connectivity index is 1.81. The monoisotopic (exact) mass is 452 g/mol. The second-order valence-electron chi connectivity index (χ2n) is 7.25. The molecule has 5 amide bonds. The summed E-state index contributed by atoms with van der Waals surface area (Å²) >= 11 is 0. The predicted molar refractivity (Wildman–Crippen MR) is 108 cm³/mol. The van der Waals surface area contributed by atoms with Gasteiger partial charge in [0.25, 0.3) is 23.6 Å². The molecule has 1 unspecified atom stereocenters. The van der Waals surface area contributed by atoms with Gasteiger partial charge in [-0.3, -0.25) is 28.9 Å². The molecule has 0 spiro atoms. The topological polar surface area (TPSA) is 151 Å². The van der Waals surface area contributed by atoms with E-state index in [1.807, 2.05) is 6.92 Å². The van der Waals surface area contributed by atoms with Crippen molar-refractivity contribution in [1.29, 1.82) is 0 Å². The highest BCUT2D eigenvalue weighted by atomic mass is 16.7. The maximum absolute atomic E-state index is 12.3. The van der Waals surface area contributed by atoms with Crippen LogP contribution in [0.4, 0.5) is 0 Å². The van der Waals surface area contributed by atoms with Crippen molar-refractivity contribution >= 4 is 35.5 Å². The molecule has 2 aliphatic rings. The van der Waals surface area contributed by atoms with Gasteiger partial charge >= 0.3 is 5.97 Å². The summed E-state index contributed by atoms with van der Waals surface area (Å²) in [5.74, 6) is -3.18. The summed E-state index contributed by atoms with van der Waals surface area (Å²) in [5, 5.41) is 3.27. The maximum atomic E-state index is 12.3. The van der Waals surface area contributed by atoms with Crippen molar-refractivity contribution in [2.75, 3.05) is 19.7 Å². The van der Waals surface area contributed by atoms with E-state index in [-0.39, 0.29) is 44.6 Å². The van der Waals surface area contributed by atoms with Gasteiger partial charge in [0.1, 0.15) is 0 Å². The van der Waals surface area contributed by atoms with Gasteiger partial charge in [0.05, 0.1) is 6.61 Å². The van der Waals surface area contributed by atoms with Gasteiger partial charge in [-0.05, 0) is 19.3 Å². The molecule has 176 valence electrons. The first-order valence-electron chi connectivity index (χ1n) is 10.6. The van der Waals surface area contributed by atoms with Gasteiger partial charge < -0.3 is 15.0 Å². The molecule has 1 atom stereocenters. The highest BCUT2D eigenvalue weighted by Crippen LogP contribution is 2.14. The Morgan fingerprint density at radius 3 is 2.31 bits per heavy atom. The lowest BCUT2D eigenvalue weighted by molar-refractivity contribution is -0.197. The summed E-state index contributed by atoms with van der Waals surface area (Å²) in [6.07, 6.45) is 3.41. The van der Waals surface area contributed by atoms with E-state index in [2.05, 4.69) is 10.8 Å². The standard InChI is InChI=1S/C20H28N4O8/c1-2-21-31-13-3-4-14(5-10-20(30)32-24-18(28)8-9-19(24)29)22-15(25)11-12-23-16(26)6-7-17(23)27/h6-7,14,21H,2-5,8-13H2,1H3,(H,22,25).